The standard InChI is InChI=1S/C12H18N4O2/c1-18-10-5-9(6-10)15-7-8-2-3-14-11(4-8)12(13)16-17/h2-4,9-10,15,17H,5-7H2,1H3,(H2,13,16). The Morgan fingerprint density at radius 1 is 1.67 bits per heavy atom. The van der Waals surface area contributed by atoms with Crippen molar-refractivity contribution in [3.05, 3.63) is 29.6 Å². The lowest BCUT2D eigenvalue weighted by molar-refractivity contribution is 0.0170. The predicted molar refractivity (Wildman–Crippen MR) is 67.4 cm³/mol. The summed E-state index contributed by atoms with van der Waals surface area (Å²) in [4.78, 5) is 4.03. The minimum absolute atomic E-state index is 0.0277. The van der Waals surface area contributed by atoms with Crippen LogP contribution in [0.3, 0.4) is 0 Å². The number of hydrogen-bond acceptors (Lipinski definition) is 5. The second kappa shape index (κ2) is 5.79. The first-order valence-electron chi connectivity index (χ1n) is 5.92. The van der Waals surface area contributed by atoms with E-state index in [0.717, 1.165) is 24.9 Å². The zero-order chi connectivity index (χ0) is 13.0. The highest BCUT2D eigenvalue weighted by Crippen LogP contribution is 2.22. The van der Waals surface area contributed by atoms with Crippen molar-refractivity contribution in [1.82, 2.24) is 10.3 Å². The lowest BCUT2D eigenvalue weighted by atomic mass is 9.89. The molecule has 1 fully saturated rings. The number of aromatic nitrogens is 1. The molecule has 0 aliphatic heterocycles. The van der Waals surface area contributed by atoms with E-state index in [1.807, 2.05) is 12.1 Å². The van der Waals surface area contributed by atoms with E-state index in [4.69, 9.17) is 15.7 Å². The number of hydrogen-bond donors (Lipinski definition) is 3. The van der Waals surface area contributed by atoms with E-state index in [1.54, 1.807) is 13.3 Å². The molecule has 0 aromatic carbocycles. The van der Waals surface area contributed by atoms with Crippen LogP contribution in [0.15, 0.2) is 23.5 Å². The van der Waals surface area contributed by atoms with Crippen LogP contribution in [-0.2, 0) is 11.3 Å². The Hall–Kier alpha value is -1.66. The average molecular weight is 250 g/mol. The molecule has 1 aromatic heterocycles. The van der Waals surface area contributed by atoms with Gasteiger partial charge in [-0.25, -0.2) is 0 Å². The molecule has 0 unspecified atom stereocenters. The Morgan fingerprint density at radius 3 is 3.11 bits per heavy atom. The fourth-order valence-electron chi connectivity index (χ4n) is 1.96. The van der Waals surface area contributed by atoms with Crippen molar-refractivity contribution in [2.75, 3.05) is 7.11 Å². The molecule has 0 amide bonds. The van der Waals surface area contributed by atoms with Crippen LogP contribution >= 0.6 is 0 Å². The molecule has 0 bridgehead atoms. The van der Waals surface area contributed by atoms with Gasteiger partial charge in [-0.05, 0) is 30.5 Å². The third kappa shape index (κ3) is 2.96. The van der Waals surface area contributed by atoms with E-state index < -0.39 is 0 Å². The number of nitrogens with two attached hydrogens (primary N) is 1. The predicted octanol–water partition coefficient (Wildman–Crippen LogP) is 0.443. The Kier molecular flexibility index (Phi) is 4.11. The number of rotatable bonds is 5. The van der Waals surface area contributed by atoms with Gasteiger partial charge >= 0.3 is 0 Å². The molecule has 18 heavy (non-hydrogen) atoms. The summed E-state index contributed by atoms with van der Waals surface area (Å²) in [5.41, 5.74) is 7.04. The van der Waals surface area contributed by atoms with Crippen LogP contribution in [0, 0.1) is 0 Å². The van der Waals surface area contributed by atoms with Crippen LogP contribution in [0.1, 0.15) is 24.1 Å². The summed E-state index contributed by atoms with van der Waals surface area (Å²) < 4.78 is 5.22. The van der Waals surface area contributed by atoms with Gasteiger partial charge in [0, 0.05) is 25.9 Å². The molecule has 0 atom stereocenters. The van der Waals surface area contributed by atoms with Gasteiger partial charge in [-0.3, -0.25) is 4.98 Å². The van der Waals surface area contributed by atoms with Gasteiger partial charge < -0.3 is 21.0 Å². The maximum Gasteiger partial charge on any atom is 0.188 e. The molecule has 1 saturated carbocycles. The number of nitrogens with zero attached hydrogens (tertiary/aromatic N) is 2. The van der Waals surface area contributed by atoms with Gasteiger partial charge in [0.05, 0.1) is 6.10 Å². The van der Waals surface area contributed by atoms with E-state index in [9.17, 15) is 0 Å². The Balaban J connectivity index is 1.86. The highest BCUT2D eigenvalue weighted by atomic mass is 16.5. The van der Waals surface area contributed by atoms with Gasteiger partial charge in [0.1, 0.15) is 5.69 Å². The van der Waals surface area contributed by atoms with E-state index in [2.05, 4.69) is 15.5 Å². The normalized spacial score (nSPS) is 23.7. The molecule has 98 valence electrons. The summed E-state index contributed by atoms with van der Waals surface area (Å²) in [7, 11) is 1.74. The van der Waals surface area contributed by atoms with Gasteiger partial charge in [0.25, 0.3) is 0 Å². The van der Waals surface area contributed by atoms with E-state index in [-0.39, 0.29) is 5.84 Å². The SMILES string of the molecule is COC1CC(NCc2ccnc(/C(N)=N/O)c2)C1. The van der Waals surface area contributed by atoms with Gasteiger partial charge in [0.2, 0.25) is 0 Å². The molecule has 2 rings (SSSR count). The first-order valence-corrected chi connectivity index (χ1v) is 5.92. The summed E-state index contributed by atoms with van der Waals surface area (Å²) in [5.74, 6) is 0.0277. The molecular formula is C12H18N4O2. The zero-order valence-corrected chi connectivity index (χ0v) is 10.3. The maximum absolute atomic E-state index is 8.59. The summed E-state index contributed by atoms with van der Waals surface area (Å²) >= 11 is 0. The molecule has 1 aliphatic rings. The summed E-state index contributed by atoms with van der Waals surface area (Å²) in [6, 6.07) is 4.23. The number of pyridine rings is 1. The van der Waals surface area contributed by atoms with Crippen LogP contribution in [0.2, 0.25) is 0 Å². The molecule has 1 aromatic rings. The Bertz CT molecular complexity index is 430. The van der Waals surface area contributed by atoms with Crippen LogP contribution in [-0.4, -0.2) is 35.3 Å². The van der Waals surface area contributed by atoms with Crippen LogP contribution < -0.4 is 11.1 Å². The third-order valence-corrected chi connectivity index (χ3v) is 3.22. The number of nitrogens with one attached hydrogen (secondary N) is 1. The van der Waals surface area contributed by atoms with Gasteiger partial charge in [-0.15, -0.1) is 0 Å². The molecule has 1 aliphatic carbocycles. The fourth-order valence-corrected chi connectivity index (χ4v) is 1.96. The third-order valence-electron chi connectivity index (χ3n) is 3.22. The lowest BCUT2D eigenvalue weighted by Crippen LogP contribution is -2.44. The first-order chi connectivity index (χ1) is 8.72. The number of ether oxygens (including phenoxy) is 1. The quantitative estimate of drug-likeness (QED) is 0.305. The topological polar surface area (TPSA) is 92.8 Å². The highest BCUT2D eigenvalue weighted by Gasteiger charge is 2.28. The van der Waals surface area contributed by atoms with E-state index in [0.29, 0.717) is 17.8 Å². The van der Waals surface area contributed by atoms with Gasteiger partial charge in [0.15, 0.2) is 5.84 Å². The molecule has 6 heteroatoms. The minimum atomic E-state index is 0.0277. The van der Waals surface area contributed by atoms with Crippen molar-refractivity contribution in [1.29, 1.82) is 0 Å². The van der Waals surface area contributed by atoms with E-state index in [1.165, 1.54) is 0 Å². The van der Waals surface area contributed by atoms with Crippen LogP contribution in [0.5, 0.6) is 0 Å². The summed E-state index contributed by atoms with van der Waals surface area (Å²) in [6.45, 7) is 0.745. The second-order valence-corrected chi connectivity index (χ2v) is 4.44. The largest absolute Gasteiger partial charge is 0.409 e. The summed E-state index contributed by atoms with van der Waals surface area (Å²) in [6.07, 6.45) is 4.15. The summed E-state index contributed by atoms with van der Waals surface area (Å²) in [5, 5.41) is 15.0. The van der Waals surface area contributed by atoms with Crippen molar-refractivity contribution in [3.63, 3.8) is 0 Å². The van der Waals surface area contributed by atoms with Crippen molar-refractivity contribution in [3.8, 4) is 0 Å². The number of methoxy groups -OCH3 is 1. The highest BCUT2D eigenvalue weighted by molar-refractivity contribution is 5.95. The molecule has 0 spiro atoms. The van der Waals surface area contributed by atoms with Crippen molar-refractivity contribution < 1.29 is 9.94 Å². The minimum Gasteiger partial charge on any atom is -0.409 e. The Labute approximate surface area is 106 Å². The molecule has 0 saturated heterocycles. The molecule has 0 radical (unpaired) electrons. The van der Waals surface area contributed by atoms with E-state index >= 15 is 0 Å². The van der Waals surface area contributed by atoms with Crippen LogP contribution in [0.4, 0.5) is 0 Å². The van der Waals surface area contributed by atoms with Crippen LogP contribution in [0.25, 0.3) is 0 Å². The first kappa shape index (κ1) is 12.8. The fraction of sp³-hybridized carbons (Fsp3) is 0.500. The average Bonchev–Trinajstić information content (AvgIpc) is 2.36. The van der Waals surface area contributed by atoms with Gasteiger partial charge in [-0.2, -0.15) is 0 Å². The maximum atomic E-state index is 8.59. The van der Waals surface area contributed by atoms with Crippen molar-refractivity contribution >= 4 is 5.84 Å². The number of amidine groups is 1. The molecular weight excluding hydrogens is 232 g/mol. The zero-order valence-electron chi connectivity index (χ0n) is 10.3. The van der Waals surface area contributed by atoms with Crippen molar-refractivity contribution in [2.45, 2.75) is 31.5 Å². The monoisotopic (exact) mass is 250 g/mol. The molecule has 4 N–H and O–H groups in total. The molecule has 6 nitrogen and oxygen atoms in total. The smallest absolute Gasteiger partial charge is 0.188 e. The second-order valence-electron chi connectivity index (χ2n) is 4.44. The Morgan fingerprint density at radius 2 is 2.44 bits per heavy atom. The van der Waals surface area contributed by atoms with Gasteiger partial charge in [-0.1, -0.05) is 5.16 Å². The molecule has 1 heterocycles. The number of oxime groups is 1. The van der Waals surface area contributed by atoms with Crippen molar-refractivity contribution in [2.24, 2.45) is 10.9 Å². The lowest BCUT2D eigenvalue weighted by Gasteiger charge is -2.34.